The van der Waals surface area contributed by atoms with Crippen molar-refractivity contribution >= 4 is 0 Å². The Morgan fingerprint density at radius 3 is 2.23 bits per heavy atom. The third kappa shape index (κ3) is 3.70. The van der Waals surface area contributed by atoms with Gasteiger partial charge < -0.3 is 0 Å². The third-order valence-corrected chi connectivity index (χ3v) is 3.41. The predicted molar refractivity (Wildman–Crippen MR) is 59.8 cm³/mol. The van der Waals surface area contributed by atoms with Crippen molar-refractivity contribution in [1.82, 2.24) is 0 Å². The maximum atomic E-state index is 2.44. The smallest absolute Gasteiger partial charge is 0.0347 e. The zero-order valence-electron chi connectivity index (χ0n) is 10.1. The summed E-state index contributed by atoms with van der Waals surface area (Å²) in [6.45, 7) is 12.2. The molecular formula is C13H26. The third-order valence-electron chi connectivity index (χ3n) is 3.41. The molecule has 1 unspecified atom stereocenters. The van der Waals surface area contributed by atoms with Crippen LogP contribution in [0.5, 0.6) is 0 Å². The summed E-state index contributed by atoms with van der Waals surface area (Å²) in [5.41, 5.74) is 1.13. The first kappa shape index (κ1) is 11.1. The van der Waals surface area contributed by atoms with E-state index in [1.54, 1.807) is 0 Å². The van der Waals surface area contributed by atoms with Gasteiger partial charge in [-0.3, -0.25) is 0 Å². The molecule has 0 heterocycles. The van der Waals surface area contributed by atoms with Crippen molar-refractivity contribution in [2.24, 2.45) is 16.7 Å². The van der Waals surface area contributed by atoms with Crippen LogP contribution in [-0.4, -0.2) is 0 Å². The van der Waals surface area contributed by atoms with Gasteiger partial charge in [0.2, 0.25) is 0 Å². The Labute approximate surface area is 84.1 Å². The van der Waals surface area contributed by atoms with Gasteiger partial charge in [-0.05, 0) is 36.0 Å². The summed E-state index contributed by atoms with van der Waals surface area (Å²) in [6.07, 6.45) is 7.10. The Hall–Kier alpha value is 0. The molecule has 0 aromatic rings. The lowest BCUT2D eigenvalue weighted by Crippen LogP contribution is -2.27. The minimum absolute atomic E-state index is 0.559. The highest BCUT2D eigenvalue weighted by atomic mass is 14.4. The van der Waals surface area contributed by atoms with Crippen molar-refractivity contribution in [1.29, 1.82) is 0 Å². The van der Waals surface area contributed by atoms with Crippen LogP contribution in [0.25, 0.3) is 0 Å². The lowest BCUT2D eigenvalue weighted by molar-refractivity contribution is 0.124. The first-order valence-corrected chi connectivity index (χ1v) is 5.81. The number of hydrogen-bond donors (Lipinski definition) is 0. The van der Waals surface area contributed by atoms with Gasteiger partial charge in [0.1, 0.15) is 0 Å². The minimum Gasteiger partial charge on any atom is -0.0625 e. The molecule has 0 nitrogen and oxygen atoms in total. The average molecular weight is 182 g/mol. The van der Waals surface area contributed by atoms with Crippen molar-refractivity contribution in [2.45, 2.75) is 66.7 Å². The maximum Gasteiger partial charge on any atom is -0.0347 e. The van der Waals surface area contributed by atoms with Crippen molar-refractivity contribution in [2.75, 3.05) is 0 Å². The van der Waals surface area contributed by atoms with Crippen molar-refractivity contribution in [3.05, 3.63) is 0 Å². The molecule has 0 aromatic carbocycles. The van der Waals surface area contributed by atoms with Crippen LogP contribution in [0.3, 0.4) is 0 Å². The highest BCUT2D eigenvalue weighted by Gasteiger charge is 2.31. The first-order valence-electron chi connectivity index (χ1n) is 5.81. The molecule has 1 aliphatic carbocycles. The van der Waals surface area contributed by atoms with E-state index in [1.807, 2.05) is 0 Å². The molecule has 0 heteroatoms. The molecule has 0 aromatic heterocycles. The molecule has 1 saturated carbocycles. The lowest BCUT2D eigenvalue weighted by atomic mass is 9.66. The van der Waals surface area contributed by atoms with Gasteiger partial charge in [-0.25, -0.2) is 0 Å². The molecule has 0 N–H and O–H groups in total. The Balaban J connectivity index is 2.65. The van der Waals surface area contributed by atoms with E-state index in [-0.39, 0.29) is 0 Å². The van der Waals surface area contributed by atoms with Gasteiger partial charge >= 0.3 is 0 Å². The summed E-state index contributed by atoms with van der Waals surface area (Å²) in [6, 6.07) is 0. The Morgan fingerprint density at radius 1 is 1.00 bits per heavy atom. The van der Waals surface area contributed by atoms with E-state index in [9.17, 15) is 0 Å². The van der Waals surface area contributed by atoms with Crippen LogP contribution in [0.2, 0.25) is 0 Å². The summed E-state index contributed by atoms with van der Waals surface area (Å²) in [4.78, 5) is 0. The Morgan fingerprint density at radius 2 is 1.62 bits per heavy atom. The fraction of sp³-hybridized carbons (Fsp3) is 1.00. The molecular weight excluding hydrogens is 156 g/mol. The Bertz CT molecular complexity index is 165. The summed E-state index contributed by atoms with van der Waals surface area (Å²) >= 11 is 0. The first-order chi connectivity index (χ1) is 5.81. The summed E-state index contributed by atoms with van der Waals surface area (Å²) in [5.74, 6) is 0.936. The van der Waals surface area contributed by atoms with Crippen LogP contribution >= 0.6 is 0 Å². The molecule has 0 aliphatic heterocycles. The summed E-state index contributed by atoms with van der Waals surface area (Å²) < 4.78 is 0. The van der Waals surface area contributed by atoms with Crippen LogP contribution in [0.1, 0.15) is 66.7 Å². The van der Waals surface area contributed by atoms with Gasteiger partial charge in [0, 0.05) is 0 Å². The standard InChI is InChI=1S/C13H26/c1-11-7-6-8-12(2,3)10-13(4,5)9-11/h11H,6-10H2,1-5H3. The van der Waals surface area contributed by atoms with E-state index in [1.165, 1.54) is 32.1 Å². The van der Waals surface area contributed by atoms with Crippen LogP contribution < -0.4 is 0 Å². The molecule has 1 fully saturated rings. The second-order valence-electron chi connectivity index (χ2n) is 6.71. The average Bonchev–Trinajstić information content (AvgIpc) is 1.78. The molecule has 78 valence electrons. The van der Waals surface area contributed by atoms with Gasteiger partial charge in [-0.15, -0.1) is 0 Å². The van der Waals surface area contributed by atoms with E-state index < -0.39 is 0 Å². The van der Waals surface area contributed by atoms with E-state index >= 15 is 0 Å². The van der Waals surface area contributed by atoms with Gasteiger partial charge in [0.25, 0.3) is 0 Å². The van der Waals surface area contributed by atoms with Crippen LogP contribution in [0, 0.1) is 16.7 Å². The monoisotopic (exact) mass is 182 g/mol. The molecule has 0 radical (unpaired) electrons. The number of rotatable bonds is 0. The fourth-order valence-electron chi connectivity index (χ4n) is 3.43. The predicted octanol–water partition coefficient (Wildman–Crippen LogP) is 4.64. The maximum absolute atomic E-state index is 2.44. The van der Waals surface area contributed by atoms with Gasteiger partial charge in [0.15, 0.2) is 0 Å². The molecule has 1 atom stereocenters. The van der Waals surface area contributed by atoms with Crippen molar-refractivity contribution in [3.8, 4) is 0 Å². The molecule has 1 aliphatic rings. The lowest BCUT2D eigenvalue weighted by Gasteiger charge is -2.39. The topological polar surface area (TPSA) is 0 Å². The summed E-state index contributed by atoms with van der Waals surface area (Å²) in [5, 5.41) is 0. The van der Waals surface area contributed by atoms with Crippen LogP contribution in [0.4, 0.5) is 0 Å². The van der Waals surface area contributed by atoms with Crippen molar-refractivity contribution < 1.29 is 0 Å². The van der Waals surface area contributed by atoms with Gasteiger partial charge in [-0.1, -0.05) is 47.5 Å². The highest BCUT2D eigenvalue weighted by molar-refractivity contribution is 4.83. The largest absolute Gasteiger partial charge is 0.0625 e. The van der Waals surface area contributed by atoms with Gasteiger partial charge in [0.05, 0.1) is 0 Å². The molecule has 0 spiro atoms. The molecule has 0 saturated heterocycles. The van der Waals surface area contributed by atoms with Gasteiger partial charge in [-0.2, -0.15) is 0 Å². The number of hydrogen-bond acceptors (Lipinski definition) is 0. The van der Waals surface area contributed by atoms with Crippen molar-refractivity contribution in [3.63, 3.8) is 0 Å². The van der Waals surface area contributed by atoms with E-state index in [0.717, 1.165) is 5.92 Å². The van der Waals surface area contributed by atoms with E-state index in [2.05, 4.69) is 34.6 Å². The van der Waals surface area contributed by atoms with E-state index in [0.29, 0.717) is 10.8 Å². The minimum atomic E-state index is 0.559. The summed E-state index contributed by atoms with van der Waals surface area (Å²) in [7, 11) is 0. The van der Waals surface area contributed by atoms with E-state index in [4.69, 9.17) is 0 Å². The zero-order valence-corrected chi connectivity index (χ0v) is 10.1. The molecule has 0 bridgehead atoms. The highest BCUT2D eigenvalue weighted by Crippen LogP contribution is 2.44. The molecule has 13 heavy (non-hydrogen) atoms. The Kier molecular flexibility index (Phi) is 3.09. The molecule has 1 rings (SSSR count). The fourth-order valence-corrected chi connectivity index (χ4v) is 3.43. The molecule has 0 amide bonds. The normalized spacial score (nSPS) is 33.5. The second-order valence-corrected chi connectivity index (χ2v) is 6.71. The van der Waals surface area contributed by atoms with Crippen LogP contribution in [-0.2, 0) is 0 Å². The SMILES string of the molecule is CC1CCCC(C)(C)CC(C)(C)C1. The quantitative estimate of drug-likeness (QED) is 0.512. The second kappa shape index (κ2) is 3.63. The van der Waals surface area contributed by atoms with Crippen LogP contribution in [0.15, 0.2) is 0 Å². The zero-order chi connectivity index (χ0) is 10.1.